The molecule has 6 nitrogen and oxygen atoms in total. The highest BCUT2D eigenvalue weighted by atomic mass is 32.2. The second-order valence-electron chi connectivity index (χ2n) is 5.89. The van der Waals surface area contributed by atoms with Crippen molar-refractivity contribution in [2.24, 2.45) is 4.99 Å². The van der Waals surface area contributed by atoms with Gasteiger partial charge in [0.2, 0.25) is 0 Å². The summed E-state index contributed by atoms with van der Waals surface area (Å²) in [5, 5.41) is 6.69. The molecule has 8 heteroatoms. The minimum Gasteiger partial charge on any atom is -0.349 e. The molecule has 1 aromatic rings. The number of nitrogens with zero attached hydrogens (tertiary/aromatic N) is 1. The average Bonchev–Trinajstić information content (AvgIpc) is 2.99. The molecule has 1 fully saturated rings. The summed E-state index contributed by atoms with van der Waals surface area (Å²) in [4.78, 5) is 16.5. The Labute approximate surface area is 145 Å². The molecule has 0 aliphatic carbocycles. The van der Waals surface area contributed by atoms with Gasteiger partial charge in [0.25, 0.3) is 5.91 Å². The highest BCUT2D eigenvalue weighted by Gasteiger charge is 2.42. The molecule has 128 valence electrons. The highest BCUT2D eigenvalue weighted by molar-refractivity contribution is 8.15. The molecule has 0 bridgehead atoms. The maximum atomic E-state index is 12.0. The first-order valence-electron chi connectivity index (χ1n) is 7.59. The molecule has 2 N–H and O–H groups in total. The quantitative estimate of drug-likeness (QED) is 0.791. The average molecular weight is 365 g/mol. The highest BCUT2D eigenvalue weighted by Crippen LogP contribution is 2.35. The number of sulfone groups is 1. The van der Waals surface area contributed by atoms with Gasteiger partial charge in [-0.2, -0.15) is 0 Å². The van der Waals surface area contributed by atoms with Crippen LogP contribution in [0.3, 0.4) is 0 Å². The minimum absolute atomic E-state index is 0.00289. The summed E-state index contributed by atoms with van der Waals surface area (Å²) in [5.41, 5.74) is 2.34. The second-order valence-corrected chi connectivity index (χ2v) is 9.27. The van der Waals surface area contributed by atoms with Gasteiger partial charge in [-0.1, -0.05) is 23.9 Å². The molecule has 1 aromatic carbocycles. The van der Waals surface area contributed by atoms with Crippen LogP contribution in [-0.4, -0.2) is 48.8 Å². The molecule has 0 spiro atoms. The Morgan fingerprint density at radius 3 is 2.96 bits per heavy atom. The standard InChI is InChI=1S/C16H19N3O3S2/c1-3-6-17-15(20)11-5-4-10(2)12(7-11)18-16-19-13-8-24(21,22)9-14(13)23-16/h3-5,7,13-14H,1,6,8-9H2,2H3,(H,17,20)(H,18,19)/t13-,14+/m0/s1. The van der Waals surface area contributed by atoms with Crippen molar-refractivity contribution in [1.29, 1.82) is 0 Å². The van der Waals surface area contributed by atoms with Gasteiger partial charge in [0.1, 0.15) is 0 Å². The van der Waals surface area contributed by atoms with Crippen LogP contribution < -0.4 is 10.6 Å². The molecule has 2 atom stereocenters. The van der Waals surface area contributed by atoms with Gasteiger partial charge < -0.3 is 10.6 Å². The summed E-state index contributed by atoms with van der Waals surface area (Å²) in [6.45, 7) is 5.93. The Hall–Kier alpha value is -1.80. The van der Waals surface area contributed by atoms with Crippen molar-refractivity contribution in [3.05, 3.63) is 42.0 Å². The Balaban J connectivity index is 1.74. The molecule has 24 heavy (non-hydrogen) atoms. The number of aryl methyl sites for hydroxylation is 1. The van der Waals surface area contributed by atoms with Gasteiger partial charge in [0.15, 0.2) is 15.0 Å². The van der Waals surface area contributed by atoms with Gasteiger partial charge in [0, 0.05) is 23.0 Å². The van der Waals surface area contributed by atoms with Gasteiger partial charge in [-0.15, -0.1) is 6.58 Å². The van der Waals surface area contributed by atoms with Gasteiger partial charge in [-0.25, -0.2) is 8.42 Å². The number of thioether (sulfide) groups is 1. The largest absolute Gasteiger partial charge is 0.349 e. The van der Waals surface area contributed by atoms with E-state index in [2.05, 4.69) is 22.2 Å². The van der Waals surface area contributed by atoms with E-state index < -0.39 is 9.84 Å². The van der Waals surface area contributed by atoms with Gasteiger partial charge >= 0.3 is 0 Å². The molecule has 0 unspecified atom stereocenters. The summed E-state index contributed by atoms with van der Waals surface area (Å²) in [6.07, 6.45) is 1.63. The van der Waals surface area contributed by atoms with E-state index in [1.165, 1.54) is 11.8 Å². The lowest BCUT2D eigenvalue weighted by Gasteiger charge is -2.11. The topological polar surface area (TPSA) is 87.6 Å². The Bertz CT molecular complexity index is 818. The summed E-state index contributed by atoms with van der Waals surface area (Å²) in [6, 6.07) is 5.25. The van der Waals surface area contributed by atoms with E-state index in [-0.39, 0.29) is 28.7 Å². The molecule has 0 radical (unpaired) electrons. The van der Waals surface area contributed by atoms with Crippen LogP contribution >= 0.6 is 11.8 Å². The van der Waals surface area contributed by atoms with Crippen molar-refractivity contribution in [1.82, 2.24) is 5.32 Å². The third kappa shape index (κ3) is 3.64. The number of benzene rings is 1. The van der Waals surface area contributed by atoms with Crippen molar-refractivity contribution < 1.29 is 13.2 Å². The first-order chi connectivity index (χ1) is 11.4. The zero-order valence-electron chi connectivity index (χ0n) is 13.3. The lowest BCUT2D eigenvalue weighted by atomic mass is 10.1. The fourth-order valence-electron chi connectivity index (χ4n) is 2.70. The first kappa shape index (κ1) is 17.0. The maximum absolute atomic E-state index is 12.0. The fraction of sp³-hybridized carbons (Fsp3) is 0.375. The molecule has 3 rings (SSSR count). The smallest absolute Gasteiger partial charge is 0.251 e. The van der Waals surface area contributed by atoms with Crippen LogP contribution in [0.25, 0.3) is 0 Å². The summed E-state index contributed by atoms with van der Waals surface area (Å²) in [5.74, 6) is 0.140. The Kier molecular flexibility index (Phi) is 4.69. The Morgan fingerprint density at radius 1 is 1.46 bits per heavy atom. The van der Waals surface area contributed by atoms with Gasteiger partial charge in [-0.05, 0) is 24.6 Å². The van der Waals surface area contributed by atoms with E-state index in [0.717, 1.165) is 11.3 Å². The summed E-state index contributed by atoms with van der Waals surface area (Å²) < 4.78 is 23.2. The van der Waals surface area contributed by atoms with E-state index in [9.17, 15) is 13.2 Å². The molecular weight excluding hydrogens is 346 g/mol. The number of carbonyl (C=O) groups excluding carboxylic acids is 1. The number of anilines is 1. The molecule has 1 saturated heterocycles. The number of rotatable bonds is 4. The van der Waals surface area contributed by atoms with Crippen molar-refractivity contribution in [2.45, 2.75) is 18.2 Å². The first-order valence-corrected chi connectivity index (χ1v) is 10.3. The van der Waals surface area contributed by atoms with Crippen LogP contribution in [-0.2, 0) is 9.84 Å². The molecule has 2 heterocycles. The van der Waals surface area contributed by atoms with Gasteiger partial charge in [-0.3, -0.25) is 9.79 Å². The molecule has 2 aliphatic heterocycles. The molecular formula is C16H19N3O3S2. The van der Waals surface area contributed by atoms with Crippen LogP contribution in [0.15, 0.2) is 35.8 Å². The lowest BCUT2D eigenvalue weighted by Crippen LogP contribution is -2.23. The van der Waals surface area contributed by atoms with Crippen LogP contribution in [0, 0.1) is 6.92 Å². The SMILES string of the molecule is C=CCNC(=O)c1ccc(C)c(NC2=N[C@H]3CS(=O)(=O)C[C@H]3S2)c1. The van der Waals surface area contributed by atoms with Crippen molar-refractivity contribution in [2.75, 3.05) is 23.4 Å². The number of hydrogen-bond donors (Lipinski definition) is 2. The number of hydrogen-bond acceptors (Lipinski definition) is 6. The van der Waals surface area contributed by atoms with E-state index in [4.69, 9.17) is 0 Å². The summed E-state index contributed by atoms with van der Waals surface area (Å²) in [7, 11) is -2.95. The number of fused-ring (bicyclic) bond motifs is 1. The predicted molar refractivity (Wildman–Crippen MR) is 98.6 cm³/mol. The van der Waals surface area contributed by atoms with Crippen LogP contribution in [0.4, 0.5) is 5.69 Å². The maximum Gasteiger partial charge on any atom is 0.251 e. The predicted octanol–water partition coefficient (Wildman–Crippen LogP) is 1.59. The van der Waals surface area contributed by atoms with Crippen molar-refractivity contribution in [3.8, 4) is 0 Å². The number of amidine groups is 1. The second kappa shape index (κ2) is 6.60. The van der Waals surface area contributed by atoms with Crippen LogP contribution in [0.2, 0.25) is 0 Å². The molecule has 0 saturated carbocycles. The summed E-state index contributed by atoms with van der Waals surface area (Å²) >= 11 is 1.46. The van der Waals surface area contributed by atoms with E-state index >= 15 is 0 Å². The third-order valence-electron chi connectivity index (χ3n) is 3.97. The zero-order chi connectivity index (χ0) is 17.3. The lowest BCUT2D eigenvalue weighted by molar-refractivity contribution is 0.0958. The van der Waals surface area contributed by atoms with E-state index in [1.54, 1.807) is 18.2 Å². The van der Waals surface area contributed by atoms with E-state index in [1.807, 2.05) is 13.0 Å². The van der Waals surface area contributed by atoms with Crippen LogP contribution in [0.1, 0.15) is 15.9 Å². The third-order valence-corrected chi connectivity index (χ3v) is 7.11. The monoisotopic (exact) mass is 365 g/mol. The van der Waals surface area contributed by atoms with Crippen molar-refractivity contribution in [3.63, 3.8) is 0 Å². The van der Waals surface area contributed by atoms with E-state index in [0.29, 0.717) is 17.3 Å². The molecule has 1 amide bonds. The minimum atomic E-state index is -2.95. The molecule has 2 aliphatic rings. The van der Waals surface area contributed by atoms with Crippen LogP contribution in [0.5, 0.6) is 0 Å². The number of nitrogens with one attached hydrogen (secondary N) is 2. The Morgan fingerprint density at radius 2 is 2.25 bits per heavy atom. The number of amides is 1. The number of aliphatic imine (C=N–C) groups is 1. The molecule has 0 aromatic heterocycles. The normalized spacial score (nSPS) is 24.1. The fourth-order valence-corrected chi connectivity index (χ4v) is 6.36. The van der Waals surface area contributed by atoms with Gasteiger partial charge in [0.05, 0.1) is 17.5 Å². The van der Waals surface area contributed by atoms with Crippen molar-refractivity contribution >= 4 is 38.4 Å². The zero-order valence-corrected chi connectivity index (χ0v) is 14.9. The number of carbonyl (C=O) groups is 1.